The summed E-state index contributed by atoms with van der Waals surface area (Å²) >= 11 is 11.1. The molecule has 0 aliphatic carbocycles. The number of nitrogens with zero attached hydrogens (tertiary/aromatic N) is 1. The molecule has 3 aromatic rings. The van der Waals surface area contributed by atoms with Crippen molar-refractivity contribution in [2.45, 2.75) is 6.54 Å². The second kappa shape index (κ2) is 6.13. The summed E-state index contributed by atoms with van der Waals surface area (Å²) in [5.41, 5.74) is 0.533. The quantitative estimate of drug-likeness (QED) is 0.671. The van der Waals surface area contributed by atoms with Crippen LogP contribution in [0.25, 0.3) is 10.8 Å². The Balaban J connectivity index is 1.86. The average molecular weight is 382 g/mol. The van der Waals surface area contributed by atoms with Crippen LogP contribution in [0.15, 0.2) is 46.4 Å². The highest BCUT2D eigenvalue weighted by Crippen LogP contribution is 2.25. The lowest BCUT2D eigenvalue weighted by Gasteiger charge is -2.07. The molecule has 2 aromatic heterocycles. The van der Waals surface area contributed by atoms with Crippen molar-refractivity contribution in [1.29, 1.82) is 0 Å². The summed E-state index contributed by atoms with van der Waals surface area (Å²) in [7, 11) is 0. The molecule has 0 fully saturated rings. The van der Waals surface area contributed by atoms with Gasteiger partial charge in [0.2, 0.25) is 0 Å². The number of amides is 1. The Morgan fingerprint density at radius 3 is 2.71 bits per heavy atom. The van der Waals surface area contributed by atoms with Crippen LogP contribution < -0.4 is 5.32 Å². The van der Waals surface area contributed by atoms with Gasteiger partial charge in [0, 0.05) is 16.5 Å². The SMILES string of the molecule is O=C(NCc1ccc(Br)s1)c1cnc(Cl)c2ccccc12. The second-order valence-electron chi connectivity index (χ2n) is 4.40. The van der Waals surface area contributed by atoms with Gasteiger partial charge in [0.1, 0.15) is 5.15 Å². The van der Waals surface area contributed by atoms with Crippen LogP contribution in [0.3, 0.4) is 0 Å². The normalized spacial score (nSPS) is 10.8. The molecule has 3 nitrogen and oxygen atoms in total. The van der Waals surface area contributed by atoms with Crippen LogP contribution in [-0.2, 0) is 6.54 Å². The molecule has 1 amide bonds. The zero-order valence-electron chi connectivity index (χ0n) is 10.8. The zero-order valence-corrected chi connectivity index (χ0v) is 13.9. The van der Waals surface area contributed by atoms with Gasteiger partial charge in [-0.25, -0.2) is 4.98 Å². The van der Waals surface area contributed by atoms with E-state index >= 15 is 0 Å². The van der Waals surface area contributed by atoms with Gasteiger partial charge in [-0.2, -0.15) is 0 Å². The first-order valence-corrected chi connectivity index (χ1v) is 8.19. The van der Waals surface area contributed by atoms with Crippen LogP contribution in [0.1, 0.15) is 15.2 Å². The predicted molar refractivity (Wildman–Crippen MR) is 89.9 cm³/mol. The van der Waals surface area contributed by atoms with Gasteiger partial charge in [-0.05, 0) is 33.4 Å². The van der Waals surface area contributed by atoms with Crippen molar-refractivity contribution in [3.8, 4) is 0 Å². The van der Waals surface area contributed by atoms with Crippen molar-refractivity contribution < 1.29 is 4.79 Å². The number of carbonyl (C=O) groups is 1. The van der Waals surface area contributed by atoms with Gasteiger partial charge >= 0.3 is 0 Å². The fraction of sp³-hybridized carbons (Fsp3) is 0.0667. The van der Waals surface area contributed by atoms with Crippen LogP contribution in [-0.4, -0.2) is 10.9 Å². The molecular formula is C15H10BrClN2OS. The van der Waals surface area contributed by atoms with Gasteiger partial charge in [0.15, 0.2) is 0 Å². The molecule has 0 radical (unpaired) electrons. The summed E-state index contributed by atoms with van der Waals surface area (Å²) in [6, 6.07) is 11.4. The van der Waals surface area contributed by atoms with E-state index in [0.717, 1.165) is 19.4 Å². The maximum absolute atomic E-state index is 12.3. The van der Waals surface area contributed by atoms with E-state index in [4.69, 9.17) is 11.6 Å². The number of carbonyl (C=O) groups excluding carboxylic acids is 1. The Morgan fingerprint density at radius 1 is 1.24 bits per heavy atom. The van der Waals surface area contributed by atoms with Crippen LogP contribution in [0, 0.1) is 0 Å². The number of halogens is 2. The lowest BCUT2D eigenvalue weighted by atomic mass is 10.1. The number of nitrogens with one attached hydrogen (secondary N) is 1. The van der Waals surface area contributed by atoms with Gasteiger partial charge in [-0.3, -0.25) is 4.79 Å². The molecule has 1 N–H and O–H groups in total. The van der Waals surface area contributed by atoms with Crippen LogP contribution in [0.5, 0.6) is 0 Å². The number of pyridine rings is 1. The van der Waals surface area contributed by atoms with Crippen molar-refractivity contribution >= 4 is 55.5 Å². The summed E-state index contributed by atoms with van der Waals surface area (Å²) in [6.45, 7) is 0.492. The maximum Gasteiger partial charge on any atom is 0.253 e. The predicted octanol–water partition coefficient (Wildman–Crippen LogP) is 4.64. The number of thiophene rings is 1. The van der Waals surface area contributed by atoms with E-state index in [1.54, 1.807) is 11.3 Å². The molecule has 3 rings (SSSR count). The van der Waals surface area contributed by atoms with Crippen molar-refractivity contribution in [2.24, 2.45) is 0 Å². The smallest absolute Gasteiger partial charge is 0.253 e. The van der Waals surface area contributed by atoms with Gasteiger partial charge < -0.3 is 5.32 Å². The maximum atomic E-state index is 12.3. The van der Waals surface area contributed by atoms with Crippen molar-refractivity contribution in [2.75, 3.05) is 0 Å². The van der Waals surface area contributed by atoms with Crippen LogP contribution in [0.4, 0.5) is 0 Å². The minimum atomic E-state index is -0.153. The molecule has 21 heavy (non-hydrogen) atoms. The van der Waals surface area contributed by atoms with Crippen molar-refractivity contribution in [1.82, 2.24) is 10.3 Å². The summed E-state index contributed by atoms with van der Waals surface area (Å²) in [6.07, 6.45) is 1.52. The number of benzene rings is 1. The molecule has 0 unspecified atom stereocenters. The summed E-state index contributed by atoms with van der Waals surface area (Å²) in [5, 5.41) is 4.91. The first kappa shape index (κ1) is 14.5. The lowest BCUT2D eigenvalue weighted by Crippen LogP contribution is -2.22. The molecule has 2 heterocycles. The molecule has 1 aromatic carbocycles. The Labute approximate surface area is 139 Å². The van der Waals surface area contributed by atoms with E-state index in [0.29, 0.717) is 17.3 Å². The number of hydrogen-bond acceptors (Lipinski definition) is 3. The molecular weight excluding hydrogens is 372 g/mol. The van der Waals surface area contributed by atoms with E-state index in [1.165, 1.54) is 6.20 Å². The van der Waals surface area contributed by atoms with Gasteiger partial charge in [0.05, 0.1) is 15.9 Å². The minimum absolute atomic E-state index is 0.153. The molecule has 6 heteroatoms. The summed E-state index contributed by atoms with van der Waals surface area (Å²) in [4.78, 5) is 17.5. The molecule has 0 bridgehead atoms. The Bertz CT molecular complexity index is 818. The van der Waals surface area contributed by atoms with Crippen LogP contribution >= 0.6 is 38.9 Å². The van der Waals surface area contributed by atoms with E-state index in [2.05, 4.69) is 26.2 Å². The fourth-order valence-corrected chi connectivity index (χ4v) is 3.68. The molecule has 0 aliphatic heterocycles. The molecule has 0 saturated heterocycles. The number of rotatable bonds is 3. The Hall–Kier alpha value is -1.43. The second-order valence-corrected chi connectivity index (χ2v) is 7.30. The third kappa shape index (κ3) is 3.10. The van der Waals surface area contributed by atoms with Gasteiger partial charge in [-0.15, -0.1) is 11.3 Å². The Kier molecular flexibility index (Phi) is 4.24. The van der Waals surface area contributed by atoms with E-state index in [9.17, 15) is 4.79 Å². The third-order valence-corrected chi connectivity index (χ3v) is 4.97. The zero-order chi connectivity index (χ0) is 14.8. The Morgan fingerprint density at radius 2 is 2.00 bits per heavy atom. The van der Waals surface area contributed by atoms with Crippen molar-refractivity contribution in [3.63, 3.8) is 0 Å². The topological polar surface area (TPSA) is 42.0 Å². The van der Waals surface area contributed by atoms with E-state index in [1.807, 2.05) is 36.4 Å². The highest BCUT2D eigenvalue weighted by atomic mass is 79.9. The monoisotopic (exact) mass is 380 g/mol. The van der Waals surface area contributed by atoms with Crippen LogP contribution in [0.2, 0.25) is 5.15 Å². The standard InChI is InChI=1S/C15H10BrClN2OS/c16-13-6-5-9(21-13)7-19-15(20)12-8-18-14(17)11-4-2-1-3-10(11)12/h1-6,8H,7H2,(H,19,20). The lowest BCUT2D eigenvalue weighted by molar-refractivity contribution is 0.0952. The average Bonchev–Trinajstić information content (AvgIpc) is 2.91. The van der Waals surface area contributed by atoms with Gasteiger partial charge in [0.25, 0.3) is 5.91 Å². The highest BCUT2D eigenvalue weighted by Gasteiger charge is 2.12. The largest absolute Gasteiger partial charge is 0.347 e. The molecule has 106 valence electrons. The first-order chi connectivity index (χ1) is 10.1. The first-order valence-electron chi connectivity index (χ1n) is 6.21. The molecule has 0 spiro atoms. The third-order valence-electron chi connectivity index (χ3n) is 3.04. The molecule has 0 saturated carbocycles. The highest BCUT2D eigenvalue weighted by molar-refractivity contribution is 9.11. The minimum Gasteiger partial charge on any atom is -0.347 e. The number of aromatic nitrogens is 1. The van der Waals surface area contributed by atoms with Gasteiger partial charge in [-0.1, -0.05) is 35.9 Å². The fourth-order valence-electron chi connectivity index (χ4n) is 2.05. The summed E-state index contributed by atoms with van der Waals surface area (Å²) in [5.74, 6) is -0.153. The van der Waals surface area contributed by atoms with E-state index in [-0.39, 0.29) is 5.91 Å². The number of fused-ring (bicyclic) bond motifs is 1. The molecule has 0 atom stereocenters. The number of hydrogen-bond donors (Lipinski definition) is 1. The van der Waals surface area contributed by atoms with Crippen molar-refractivity contribution in [3.05, 3.63) is 62.0 Å². The van der Waals surface area contributed by atoms with E-state index < -0.39 is 0 Å². The molecule has 0 aliphatic rings. The summed E-state index contributed by atoms with van der Waals surface area (Å²) < 4.78 is 1.05.